The first-order valence-electron chi connectivity index (χ1n) is 21.2. The van der Waals surface area contributed by atoms with E-state index in [9.17, 15) is 53.0 Å². The number of hydrogen-bond donors (Lipinski definition) is 7. The van der Waals surface area contributed by atoms with Crippen molar-refractivity contribution in [2.45, 2.75) is 102 Å². The van der Waals surface area contributed by atoms with E-state index in [0.717, 1.165) is 28.7 Å². The number of aliphatic hydroxyl groups excluding tert-OH is 1. The number of halogens is 2. The average molecular weight is 926 g/mol. The molecule has 0 spiro atoms. The highest BCUT2D eigenvalue weighted by Gasteiger charge is 2.38. The van der Waals surface area contributed by atoms with E-state index in [1.807, 2.05) is 55.7 Å². The lowest BCUT2D eigenvalue weighted by Gasteiger charge is -2.41. The van der Waals surface area contributed by atoms with Crippen LogP contribution < -0.4 is 21.7 Å². The Balaban J connectivity index is 1.44. The Hall–Kier alpha value is -6.15. The third kappa shape index (κ3) is 15.0. The largest absolute Gasteiger partial charge is 0.481 e. The standard InChI is InChI=1S/C45H57F2N7O10S/c1-45(2,3)41(34-19-28(30-20-29(46)14-15-31(30)47)25-52(34)24-27-11-6-4-7-12-27)53(39(59)26-55)18-10-16-49-42(62)32(21-36(48)56)51-43(63)33(22-40(60)61)50-37(57)13-8-5-9-17-54-38(58)23-35(65)44(54)64/h4,6-7,11-12,14-15,19-20,25,32-33,35,41,55,65H,5,8-10,13,16-18,21-24,26H2,1-3H3,(H2,48,56)(H,49,62)(H,50,57)(H,51,63)(H,60,61)/t32-,33?,35?,41?/m0/s1. The van der Waals surface area contributed by atoms with E-state index in [0.29, 0.717) is 30.6 Å². The number of amides is 7. The Morgan fingerprint density at radius 1 is 0.923 bits per heavy atom. The van der Waals surface area contributed by atoms with Crippen LogP contribution in [0.15, 0.2) is 60.8 Å². The van der Waals surface area contributed by atoms with Gasteiger partial charge in [0.05, 0.1) is 24.1 Å². The molecule has 1 fully saturated rings. The normalized spacial score (nSPS) is 15.2. The number of rotatable bonds is 24. The Labute approximate surface area is 380 Å². The summed E-state index contributed by atoms with van der Waals surface area (Å²) < 4.78 is 31.3. The summed E-state index contributed by atoms with van der Waals surface area (Å²) in [6.07, 6.45) is 1.24. The number of thiol groups is 1. The molecule has 352 valence electrons. The summed E-state index contributed by atoms with van der Waals surface area (Å²) in [6.45, 7) is 5.05. The molecular formula is C45H57F2N7O10S. The zero-order valence-electron chi connectivity index (χ0n) is 36.6. The van der Waals surface area contributed by atoms with Crippen molar-refractivity contribution < 1.29 is 57.4 Å². The second kappa shape index (κ2) is 23.7. The van der Waals surface area contributed by atoms with Crippen molar-refractivity contribution in [3.63, 3.8) is 0 Å². The maximum absolute atomic E-state index is 15.1. The lowest BCUT2D eigenvalue weighted by Crippen LogP contribution is -2.55. The molecule has 0 aliphatic carbocycles. The molecule has 1 aliphatic heterocycles. The van der Waals surface area contributed by atoms with Gasteiger partial charge >= 0.3 is 5.97 Å². The Morgan fingerprint density at radius 2 is 1.62 bits per heavy atom. The number of nitrogens with two attached hydrogens (primary N) is 1. The molecule has 0 bridgehead atoms. The number of benzene rings is 2. The quantitative estimate of drug-likeness (QED) is 0.0393. The van der Waals surface area contributed by atoms with Crippen molar-refractivity contribution >= 4 is 59.9 Å². The zero-order valence-corrected chi connectivity index (χ0v) is 37.5. The number of carboxylic acids is 1. The summed E-state index contributed by atoms with van der Waals surface area (Å²) in [5.41, 5.74) is 6.47. The molecule has 17 nitrogen and oxygen atoms in total. The van der Waals surface area contributed by atoms with Gasteiger partial charge in [-0.2, -0.15) is 12.6 Å². The molecule has 20 heteroatoms. The number of nitrogens with zero attached hydrogens (tertiary/aromatic N) is 3. The van der Waals surface area contributed by atoms with Crippen LogP contribution >= 0.6 is 12.6 Å². The lowest BCUT2D eigenvalue weighted by molar-refractivity contribution is -0.141. The number of aliphatic hydroxyl groups is 1. The molecule has 1 aromatic heterocycles. The van der Waals surface area contributed by atoms with E-state index >= 15 is 4.39 Å². The van der Waals surface area contributed by atoms with Crippen LogP contribution in [-0.2, 0) is 44.9 Å². The lowest BCUT2D eigenvalue weighted by atomic mass is 9.83. The Bertz CT molecular complexity index is 2220. The number of imide groups is 1. The summed E-state index contributed by atoms with van der Waals surface area (Å²) >= 11 is 4.08. The highest BCUT2D eigenvalue weighted by atomic mass is 32.1. The fraction of sp³-hybridized carbons (Fsp3) is 0.467. The van der Waals surface area contributed by atoms with Crippen LogP contribution in [0.1, 0.15) is 89.4 Å². The fourth-order valence-electron chi connectivity index (χ4n) is 7.65. The van der Waals surface area contributed by atoms with E-state index in [1.54, 1.807) is 12.3 Å². The summed E-state index contributed by atoms with van der Waals surface area (Å²) in [5.74, 6) is -7.70. The summed E-state index contributed by atoms with van der Waals surface area (Å²) in [5, 5.41) is 26.2. The van der Waals surface area contributed by atoms with E-state index in [2.05, 4.69) is 28.6 Å². The van der Waals surface area contributed by atoms with E-state index in [-0.39, 0.29) is 62.7 Å². The van der Waals surface area contributed by atoms with E-state index in [4.69, 9.17) is 5.73 Å². The first-order chi connectivity index (χ1) is 30.7. The van der Waals surface area contributed by atoms with Gasteiger partial charge in [-0.1, -0.05) is 57.5 Å². The fourth-order valence-corrected chi connectivity index (χ4v) is 7.95. The smallest absolute Gasteiger partial charge is 0.305 e. The van der Waals surface area contributed by atoms with Gasteiger partial charge in [-0.05, 0) is 54.5 Å². The monoisotopic (exact) mass is 925 g/mol. The predicted octanol–water partition coefficient (Wildman–Crippen LogP) is 2.83. The maximum Gasteiger partial charge on any atom is 0.305 e. The van der Waals surface area contributed by atoms with Crippen LogP contribution in [0.3, 0.4) is 0 Å². The van der Waals surface area contributed by atoms with Gasteiger partial charge < -0.3 is 41.4 Å². The molecule has 4 atom stereocenters. The number of aliphatic carboxylic acids is 1. The topological polar surface area (TPSA) is 251 Å². The molecule has 3 aromatic rings. The third-order valence-electron chi connectivity index (χ3n) is 10.7. The highest BCUT2D eigenvalue weighted by Crippen LogP contribution is 2.41. The minimum Gasteiger partial charge on any atom is -0.481 e. The van der Waals surface area contributed by atoms with Gasteiger partial charge in [0.15, 0.2) is 0 Å². The number of nitrogens with one attached hydrogen (secondary N) is 3. The van der Waals surface area contributed by atoms with Crippen molar-refractivity contribution in [1.82, 2.24) is 30.3 Å². The van der Waals surface area contributed by atoms with Crippen LogP contribution in [0.25, 0.3) is 11.1 Å². The van der Waals surface area contributed by atoms with Crippen LogP contribution in [0, 0.1) is 17.0 Å². The molecule has 2 aromatic carbocycles. The molecule has 4 rings (SSSR count). The van der Waals surface area contributed by atoms with Crippen molar-refractivity contribution in [3.05, 3.63) is 83.7 Å². The summed E-state index contributed by atoms with van der Waals surface area (Å²) in [4.78, 5) is 103. The molecule has 7 amide bonds. The van der Waals surface area contributed by atoms with Crippen molar-refractivity contribution in [1.29, 1.82) is 0 Å². The molecule has 0 radical (unpaired) electrons. The molecule has 1 aliphatic rings. The van der Waals surface area contributed by atoms with E-state index in [1.165, 1.54) is 4.90 Å². The number of primary amides is 1. The number of carbonyl (C=O) groups is 8. The van der Waals surface area contributed by atoms with Crippen LogP contribution in [-0.4, -0.2) is 115 Å². The van der Waals surface area contributed by atoms with Gasteiger partial charge in [-0.3, -0.25) is 43.3 Å². The van der Waals surface area contributed by atoms with Gasteiger partial charge in [0.1, 0.15) is 30.3 Å². The second-order valence-electron chi connectivity index (χ2n) is 16.9. The minimum absolute atomic E-state index is 0.00934. The molecule has 7 N–H and O–H groups in total. The van der Waals surface area contributed by atoms with E-state index < -0.39 is 95.4 Å². The molecule has 0 saturated carbocycles. The van der Waals surface area contributed by atoms with Crippen LogP contribution in [0.4, 0.5) is 8.78 Å². The van der Waals surface area contributed by atoms with Gasteiger partial charge in [-0.25, -0.2) is 8.78 Å². The number of likely N-dealkylation sites (tertiary alicyclic amines) is 1. The number of aromatic nitrogens is 1. The Kier molecular flexibility index (Phi) is 18.8. The van der Waals surface area contributed by atoms with Gasteiger partial charge in [0.25, 0.3) is 0 Å². The highest BCUT2D eigenvalue weighted by molar-refractivity contribution is 7.81. The molecule has 3 unspecified atom stereocenters. The van der Waals surface area contributed by atoms with Crippen molar-refractivity contribution in [2.75, 3.05) is 26.2 Å². The number of carbonyl (C=O) groups excluding carboxylic acids is 7. The van der Waals surface area contributed by atoms with Crippen molar-refractivity contribution in [2.24, 2.45) is 11.1 Å². The van der Waals surface area contributed by atoms with Crippen molar-refractivity contribution in [3.8, 4) is 11.1 Å². The van der Waals surface area contributed by atoms with Crippen LogP contribution in [0.5, 0.6) is 0 Å². The summed E-state index contributed by atoms with van der Waals surface area (Å²) in [7, 11) is 0. The first kappa shape index (κ1) is 51.5. The van der Waals surface area contributed by atoms with Gasteiger partial charge in [0, 0.05) is 62.0 Å². The first-order valence-corrected chi connectivity index (χ1v) is 21.7. The van der Waals surface area contributed by atoms with Gasteiger partial charge in [0.2, 0.25) is 41.4 Å². The predicted molar refractivity (Wildman–Crippen MR) is 236 cm³/mol. The molecule has 2 heterocycles. The summed E-state index contributed by atoms with van der Waals surface area (Å²) in [6, 6.07) is 10.2. The molecule has 65 heavy (non-hydrogen) atoms. The number of carboxylic acid groups (broad SMARTS) is 1. The maximum atomic E-state index is 15.1. The minimum atomic E-state index is -1.64. The molecule has 1 saturated heterocycles. The Morgan fingerprint density at radius 3 is 2.23 bits per heavy atom. The van der Waals surface area contributed by atoms with Crippen LogP contribution in [0.2, 0.25) is 0 Å². The zero-order chi connectivity index (χ0) is 48.0. The second-order valence-corrected chi connectivity index (χ2v) is 17.5. The number of unbranched alkanes of at least 4 members (excludes halogenated alkanes) is 2. The average Bonchev–Trinajstić information content (AvgIpc) is 3.74. The molecular weight excluding hydrogens is 869 g/mol. The number of hydrogen-bond acceptors (Lipinski definition) is 10. The van der Waals surface area contributed by atoms with Gasteiger partial charge in [-0.15, -0.1) is 0 Å². The third-order valence-corrected chi connectivity index (χ3v) is 11.1. The SMILES string of the molecule is CC(C)(C)C(c1cc(-c2cc(F)ccc2F)cn1Cc1ccccc1)N(CCCNC(=O)[C@H](CC(N)=O)NC(=O)C(CC(=O)O)NC(=O)CCCCCN1C(=O)CC(S)C1=O)C(=O)CO.